The van der Waals surface area contributed by atoms with Crippen LogP contribution >= 0.6 is 0 Å². The number of methoxy groups -OCH3 is 1. The minimum atomic E-state index is -0.878. The highest BCUT2D eigenvalue weighted by Gasteiger charge is 2.63. The van der Waals surface area contributed by atoms with E-state index in [1.54, 1.807) is 20.1 Å². The summed E-state index contributed by atoms with van der Waals surface area (Å²) in [5.74, 6) is -2.16. The molecule has 5 rings (SSSR count). The van der Waals surface area contributed by atoms with Crippen LogP contribution in [0.5, 0.6) is 5.75 Å². The van der Waals surface area contributed by atoms with Crippen molar-refractivity contribution >= 4 is 40.7 Å². The predicted molar refractivity (Wildman–Crippen MR) is 120 cm³/mol. The molecule has 168 valence electrons. The third kappa shape index (κ3) is 2.88. The first-order valence-corrected chi connectivity index (χ1v) is 10.5. The zero-order valence-electron chi connectivity index (χ0n) is 18.2. The van der Waals surface area contributed by atoms with Gasteiger partial charge in [0, 0.05) is 23.4 Å². The number of hydrogen-bond donors (Lipinski definition) is 0. The predicted octanol–water partition coefficient (Wildman–Crippen LogP) is 2.89. The third-order valence-electron chi connectivity index (χ3n) is 6.77. The molecule has 0 spiro atoms. The van der Waals surface area contributed by atoms with Crippen LogP contribution < -0.4 is 14.5 Å². The van der Waals surface area contributed by atoms with Crippen molar-refractivity contribution in [3.05, 3.63) is 63.7 Å². The monoisotopic (exact) mass is 447 g/mol. The fraction of sp³-hybridized carbons (Fsp3) is 0.292. The molecule has 0 unspecified atom stereocenters. The number of nitro groups is 1. The number of benzene rings is 2. The quantitative estimate of drug-likeness (QED) is 0.403. The zero-order chi connectivity index (χ0) is 23.6. The summed E-state index contributed by atoms with van der Waals surface area (Å²) in [7, 11) is 1.57. The van der Waals surface area contributed by atoms with E-state index in [1.807, 2.05) is 29.2 Å². The average molecular weight is 447 g/mol. The Bertz CT molecular complexity index is 1270. The Labute approximate surface area is 189 Å². The zero-order valence-corrected chi connectivity index (χ0v) is 18.2. The van der Waals surface area contributed by atoms with Crippen molar-refractivity contribution < 1.29 is 24.0 Å². The highest BCUT2D eigenvalue weighted by Crippen LogP contribution is 2.50. The van der Waals surface area contributed by atoms with Gasteiger partial charge in [0.1, 0.15) is 11.8 Å². The van der Waals surface area contributed by atoms with Gasteiger partial charge in [0.05, 0.1) is 35.6 Å². The van der Waals surface area contributed by atoms with Crippen LogP contribution in [0.2, 0.25) is 0 Å². The molecule has 2 aromatic carbocycles. The van der Waals surface area contributed by atoms with Crippen molar-refractivity contribution in [2.75, 3.05) is 16.9 Å². The maximum atomic E-state index is 13.6. The lowest BCUT2D eigenvalue weighted by Crippen LogP contribution is -2.48. The Balaban J connectivity index is 1.61. The average Bonchev–Trinajstić information content (AvgIpc) is 3.26. The number of ketones is 1. The molecule has 33 heavy (non-hydrogen) atoms. The Hall–Kier alpha value is -4.01. The molecule has 0 bridgehead atoms. The van der Waals surface area contributed by atoms with E-state index in [-0.39, 0.29) is 17.2 Å². The number of aryl methyl sites for hydroxylation is 1. The van der Waals surface area contributed by atoms with Gasteiger partial charge in [-0.3, -0.25) is 24.5 Å². The first-order chi connectivity index (χ1) is 15.7. The maximum absolute atomic E-state index is 13.6. The lowest BCUT2D eigenvalue weighted by molar-refractivity contribution is -0.384. The second kappa shape index (κ2) is 7.26. The highest BCUT2D eigenvalue weighted by atomic mass is 16.6. The molecule has 0 aliphatic carbocycles. The van der Waals surface area contributed by atoms with E-state index in [2.05, 4.69) is 0 Å². The molecule has 0 radical (unpaired) electrons. The van der Waals surface area contributed by atoms with Crippen LogP contribution in [0.1, 0.15) is 18.1 Å². The summed E-state index contributed by atoms with van der Waals surface area (Å²) in [5.41, 5.74) is 2.14. The summed E-state index contributed by atoms with van der Waals surface area (Å²) >= 11 is 0. The first-order valence-electron chi connectivity index (χ1n) is 10.5. The number of carbonyl (C=O) groups excluding carboxylic acids is 3. The van der Waals surface area contributed by atoms with Gasteiger partial charge in [0.25, 0.3) is 5.69 Å². The highest BCUT2D eigenvalue weighted by molar-refractivity contribution is 6.25. The molecule has 2 saturated heterocycles. The molecule has 2 aromatic rings. The fourth-order valence-electron chi connectivity index (χ4n) is 5.33. The number of fused-ring (bicyclic) bond motifs is 5. The molecule has 0 saturated carbocycles. The molecular formula is C24H21N3O6. The molecule has 0 aromatic heterocycles. The number of nitro benzene ring substituents is 1. The number of anilines is 2. The van der Waals surface area contributed by atoms with E-state index >= 15 is 0 Å². The topological polar surface area (TPSA) is 110 Å². The first kappa shape index (κ1) is 20.9. The Morgan fingerprint density at radius 2 is 1.79 bits per heavy atom. The standard InChI is InChI=1S/C24H21N3O6/c1-12-4-6-15(27(31)32)11-19(12)26-23(29)20-18-8-5-14-10-16(33-3)7-9-17(14)25(18)22(13(2)28)21(20)24(26)30/h4-11,18,20-22H,1-3H3/t18-,20+,21-,22-/m1/s1. The van der Waals surface area contributed by atoms with Crippen LogP contribution in [0.3, 0.4) is 0 Å². The SMILES string of the molecule is COc1ccc2c(c1)C=C[C@@H]1[C@@H]3C(=O)N(c4cc([N+](=O)[O-])ccc4C)C(=O)[C@H]3[C@@H](C(C)=O)N21. The minimum absolute atomic E-state index is 0.187. The van der Waals surface area contributed by atoms with E-state index in [0.717, 1.165) is 16.2 Å². The van der Waals surface area contributed by atoms with Gasteiger partial charge < -0.3 is 9.64 Å². The Morgan fingerprint density at radius 1 is 1.06 bits per heavy atom. The summed E-state index contributed by atoms with van der Waals surface area (Å²) in [6.07, 6.45) is 3.72. The van der Waals surface area contributed by atoms with E-state index in [4.69, 9.17) is 4.74 Å². The number of non-ortho nitro benzene ring substituents is 1. The molecule has 3 aliphatic heterocycles. The molecule has 2 amide bonds. The summed E-state index contributed by atoms with van der Waals surface area (Å²) < 4.78 is 5.29. The Kier molecular flexibility index (Phi) is 4.59. The smallest absolute Gasteiger partial charge is 0.271 e. The molecule has 3 aliphatic rings. The van der Waals surface area contributed by atoms with E-state index in [1.165, 1.54) is 25.1 Å². The number of carbonyl (C=O) groups is 3. The number of Topliss-reactive ketones (excluding diaryl/α,β-unsaturated/α-hetero) is 1. The van der Waals surface area contributed by atoms with Crippen molar-refractivity contribution in [1.29, 1.82) is 0 Å². The van der Waals surface area contributed by atoms with Gasteiger partial charge in [-0.1, -0.05) is 18.2 Å². The molecule has 2 fully saturated rings. The second-order valence-corrected chi connectivity index (χ2v) is 8.53. The normalized spacial score (nSPS) is 25.1. The van der Waals surface area contributed by atoms with Crippen molar-refractivity contribution in [2.45, 2.75) is 25.9 Å². The van der Waals surface area contributed by atoms with Crippen molar-refractivity contribution in [3.63, 3.8) is 0 Å². The fourth-order valence-corrected chi connectivity index (χ4v) is 5.33. The number of amides is 2. The van der Waals surface area contributed by atoms with Crippen LogP contribution in [-0.2, 0) is 14.4 Å². The minimum Gasteiger partial charge on any atom is -0.497 e. The molecule has 0 N–H and O–H groups in total. The molecule has 3 heterocycles. The summed E-state index contributed by atoms with van der Waals surface area (Å²) in [6, 6.07) is 8.24. The lowest BCUT2D eigenvalue weighted by atomic mass is 9.88. The van der Waals surface area contributed by atoms with E-state index < -0.39 is 40.7 Å². The van der Waals surface area contributed by atoms with Crippen LogP contribution in [0.15, 0.2) is 42.5 Å². The summed E-state index contributed by atoms with van der Waals surface area (Å²) in [4.78, 5) is 53.6. The second-order valence-electron chi connectivity index (χ2n) is 8.53. The lowest BCUT2D eigenvalue weighted by Gasteiger charge is -2.36. The van der Waals surface area contributed by atoms with Gasteiger partial charge in [-0.05, 0) is 37.6 Å². The number of ether oxygens (including phenoxy) is 1. The number of hydrogen-bond acceptors (Lipinski definition) is 7. The molecular weight excluding hydrogens is 426 g/mol. The molecule has 9 nitrogen and oxygen atoms in total. The number of imide groups is 1. The van der Waals surface area contributed by atoms with E-state index in [0.29, 0.717) is 11.3 Å². The maximum Gasteiger partial charge on any atom is 0.271 e. The van der Waals surface area contributed by atoms with Gasteiger partial charge in [-0.15, -0.1) is 0 Å². The van der Waals surface area contributed by atoms with E-state index in [9.17, 15) is 24.5 Å². The molecule has 9 heteroatoms. The number of nitrogens with zero attached hydrogens (tertiary/aromatic N) is 3. The van der Waals surface area contributed by atoms with Gasteiger partial charge in [0.2, 0.25) is 11.8 Å². The van der Waals surface area contributed by atoms with Gasteiger partial charge in [-0.2, -0.15) is 0 Å². The van der Waals surface area contributed by atoms with Crippen molar-refractivity contribution in [1.82, 2.24) is 0 Å². The van der Waals surface area contributed by atoms with Crippen LogP contribution in [0, 0.1) is 28.9 Å². The summed E-state index contributed by atoms with van der Waals surface area (Å²) in [6.45, 7) is 3.11. The van der Waals surface area contributed by atoms with Crippen molar-refractivity contribution in [3.8, 4) is 5.75 Å². The van der Waals surface area contributed by atoms with Gasteiger partial charge >= 0.3 is 0 Å². The van der Waals surface area contributed by atoms with Crippen LogP contribution in [0.4, 0.5) is 17.1 Å². The summed E-state index contributed by atoms with van der Waals surface area (Å²) in [5, 5.41) is 11.3. The van der Waals surface area contributed by atoms with Crippen LogP contribution in [0.25, 0.3) is 6.08 Å². The van der Waals surface area contributed by atoms with Gasteiger partial charge in [0.15, 0.2) is 5.78 Å². The van der Waals surface area contributed by atoms with Gasteiger partial charge in [-0.25, -0.2) is 4.90 Å². The molecule has 4 atom stereocenters. The number of rotatable bonds is 4. The van der Waals surface area contributed by atoms with Crippen LogP contribution in [-0.4, -0.2) is 41.7 Å². The van der Waals surface area contributed by atoms with Crippen molar-refractivity contribution in [2.24, 2.45) is 11.8 Å². The largest absolute Gasteiger partial charge is 0.497 e. The third-order valence-corrected chi connectivity index (χ3v) is 6.77. The Morgan fingerprint density at radius 3 is 2.45 bits per heavy atom.